The molecular formula is C28H19Cl2Zr. The van der Waals surface area contributed by atoms with E-state index in [1.165, 1.54) is 69.2 Å². The Kier molecular flexibility index (Phi) is 4.80. The van der Waals surface area contributed by atoms with Crippen molar-refractivity contribution in [1.29, 1.82) is 0 Å². The molecule has 1 unspecified atom stereocenters. The summed E-state index contributed by atoms with van der Waals surface area (Å²) < 4.78 is -0.171. The maximum atomic E-state index is 7.89. The molecule has 0 fully saturated rings. The van der Waals surface area contributed by atoms with E-state index in [1.54, 1.807) is 0 Å². The van der Waals surface area contributed by atoms with Gasteiger partial charge in [0.25, 0.3) is 0 Å². The van der Waals surface area contributed by atoms with Gasteiger partial charge in [0.15, 0.2) is 0 Å². The molecule has 0 bridgehead atoms. The molecule has 3 heteroatoms. The molecule has 2 aliphatic rings. The van der Waals surface area contributed by atoms with Crippen LogP contribution in [0.4, 0.5) is 0 Å². The molecule has 2 aliphatic carbocycles. The second-order valence-corrected chi connectivity index (χ2v) is 11.8. The van der Waals surface area contributed by atoms with Crippen molar-refractivity contribution in [3.05, 3.63) is 119 Å². The van der Waals surface area contributed by atoms with Gasteiger partial charge in [-0.05, 0) is 0 Å². The first-order valence-electron chi connectivity index (χ1n) is 10.5. The Balaban J connectivity index is 1.66. The van der Waals surface area contributed by atoms with Gasteiger partial charge in [0.1, 0.15) is 0 Å². The van der Waals surface area contributed by atoms with Crippen LogP contribution in [0.1, 0.15) is 34.1 Å². The van der Waals surface area contributed by atoms with Crippen molar-refractivity contribution >= 4 is 23.2 Å². The van der Waals surface area contributed by atoms with Crippen LogP contribution < -0.4 is 0 Å². The van der Waals surface area contributed by atoms with E-state index in [-0.39, 0.29) is 14.9 Å². The number of halogens is 2. The summed E-state index contributed by atoms with van der Waals surface area (Å²) in [5.41, 5.74) is 10.3. The van der Waals surface area contributed by atoms with E-state index in [9.17, 15) is 0 Å². The maximum absolute atomic E-state index is 7.89. The monoisotopic (exact) mass is 515 g/mol. The average Bonchev–Trinajstić information content (AvgIpc) is 3.32. The molecule has 4 aromatic carbocycles. The van der Waals surface area contributed by atoms with Gasteiger partial charge < -0.3 is 0 Å². The molecule has 0 N–H and O–H groups in total. The van der Waals surface area contributed by atoms with Crippen molar-refractivity contribution in [3.8, 4) is 22.3 Å². The molecule has 0 saturated heterocycles. The van der Waals surface area contributed by atoms with Gasteiger partial charge in [-0.2, -0.15) is 0 Å². The average molecular weight is 518 g/mol. The van der Waals surface area contributed by atoms with Crippen molar-refractivity contribution < 1.29 is 24.7 Å². The van der Waals surface area contributed by atoms with E-state index in [2.05, 4.69) is 97.1 Å². The van der Waals surface area contributed by atoms with E-state index in [4.69, 9.17) is 23.2 Å². The summed E-state index contributed by atoms with van der Waals surface area (Å²) in [5, 5.41) is 0. The zero-order valence-corrected chi connectivity index (χ0v) is 20.7. The third kappa shape index (κ3) is 2.76. The van der Waals surface area contributed by atoms with Gasteiger partial charge >= 0.3 is 209 Å². The molecule has 1 atom stereocenters. The number of hydrogen-bond acceptors (Lipinski definition) is 0. The van der Waals surface area contributed by atoms with Crippen molar-refractivity contribution in [2.24, 2.45) is 0 Å². The third-order valence-electron chi connectivity index (χ3n) is 6.94. The Morgan fingerprint density at radius 3 is 1.06 bits per heavy atom. The van der Waals surface area contributed by atoms with Crippen molar-refractivity contribution in [2.45, 2.75) is 19.8 Å². The molecule has 0 heterocycles. The van der Waals surface area contributed by atoms with Gasteiger partial charge in [-0.1, -0.05) is 0 Å². The quantitative estimate of drug-likeness (QED) is 0.244. The van der Waals surface area contributed by atoms with Crippen LogP contribution >= 0.6 is 23.2 Å². The van der Waals surface area contributed by atoms with Crippen LogP contribution in [0.2, 0.25) is 0 Å². The summed E-state index contributed by atoms with van der Waals surface area (Å²) in [7, 11) is 0. The molecule has 0 amide bonds. The predicted octanol–water partition coefficient (Wildman–Crippen LogP) is 7.70. The Morgan fingerprint density at radius 1 is 0.548 bits per heavy atom. The number of fused-ring (bicyclic) bond motifs is 6. The number of hydrogen-bond donors (Lipinski definition) is 0. The third-order valence-corrected chi connectivity index (χ3v) is 9.69. The summed E-state index contributed by atoms with van der Waals surface area (Å²) in [6.07, 6.45) is 0. The second-order valence-electron chi connectivity index (χ2n) is 8.40. The van der Waals surface area contributed by atoms with Gasteiger partial charge in [-0.15, -0.1) is 0 Å². The van der Waals surface area contributed by atoms with Crippen LogP contribution in [0.5, 0.6) is 0 Å². The first-order chi connectivity index (χ1) is 15.1. The molecule has 0 aromatic heterocycles. The molecule has 0 saturated carbocycles. The summed E-state index contributed by atoms with van der Waals surface area (Å²) in [5.74, 6) is 0.0418. The fourth-order valence-corrected chi connectivity index (χ4v) is 7.27. The van der Waals surface area contributed by atoms with Gasteiger partial charge in [0.2, 0.25) is 0 Å². The zero-order valence-electron chi connectivity index (χ0n) is 16.7. The van der Waals surface area contributed by atoms with Crippen LogP contribution in [-0.2, 0) is 24.7 Å². The first-order valence-corrected chi connectivity index (χ1v) is 12.8. The predicted molar refractivity (Wildman–Crippen MR) is 126 cm³/mol. The Hall–Kier alpha value is -1.66. The first kappa shape index (κ1) is 20.0. The minimum absolute atomic E-state index is 0.0209. The number of rotatable bonds is 3. The fraction of sp³-hybridized carbons (Fsp3) is 0.143. The topological polar surface area (TPSA) is 0 Å². The van der Waals surface area contributed by atoms with Crippen molar-refractivity contribution in [2.75, 3.05) is 0 Å². The fourth-order valence-electron chi connectivity index (χ4n) is 5.72. The van der Waals surface area contributed by atoms with Gasteiger partial charge in [0.05, 0.1) is 0 Å². The van der Waals surface area contributed by atoms with Gasteiger partial charge in [-0.25, -0.2) is 0 Å². The molecule has 31 heavy (non-hydrogen) atoms. The molecule has 149 valence electrons. The molecular weight excluding hydrogens is 498 g/mol. The van der Waals surface area contributed by atoms with E-state index in [0.717, 1.165) is 0 Å². The standard InChI is InChI=1S/C28H19Cl2.Zr/c29-17-28(30,26-22-13-5-1-9-18(22)19-10-2-6-14-23(19)26)27-24-15-7-3-11-20(24)21-12-4-8-16-25(21)27;/h1-17,26-27H;. The SMILES string of the molecule is Cl[CH]([Zr])C(Cl)(C1c2ccccc2-c2ccccc21)C1c2ccccc2-c2ccccc21. The minimum atomic E-state index is -0.689. The molecule has 0 nitrogen and oxygen atoms in total. The Bertz CT molecular complexity index is 1120. The summed E-state index contributed by atoms with van der Waals surface area (Å²) >= 11 is 16.2. The summed E-state index contributed by atoms with van der Waals surface area (Å²) in [4.78, 5) is -0.689. The van der Waals surface area contributed by atoms with E-state index in [0.29, 0.717) is 0 Å². The van der Waals surface area contributed by atoms with E-state index >= 15 is 0 Å². The molecule has 4 aromatic rings. The van der Waals surface area contributed by atoms with E-state index < -0.39 is 4.87 Å². The van der Waals surface area contributed by atoms with Crippen LogP contribution in [0, 0.1) is 0 Å². The van der Waals surface area contributed by atoms with Crippen LogP contribution in [0.3, 0.4) is 0 Å². The van der Waals surface area contributed by atoms with Crippen molar-refractivity contribution in [1.82, 2.24) is 0 Å². The number of alkyl halides is 2. The van der Waals surface area contributed by atoms with Crippen LogP contribution in [-0.4, -0.2) is 7.96 Å². The second kappa shape index (κ2) is 7.45. The van der Waals surface area contributed by atoms with Gasteiger partial charge in [0, 0.05) is 0 Å². The van der Waals surface area contributed by atoms with Crippen LogP contribution in [0.15, 0.2) is 97.1 Å². The molecule has 0 spiro atoms. The van der Waals surface area contributed by atoms with Crippen LogP contribution in [0.25, 0.3) is 22.3 Å². The Labute approximate surface area is 208 Å². The molecule has 6 rings (SSSR count). The molecule has 0 aliphatic heterocycles. The van der Waals surface area contributed by atoms with Crippen molar-refractivity contribution in [3.63, 3.8) is 0 Å². The van der Waals surface area contributed by atoms with E-state index in [1.807, 2.05) is 0 Å². The number of benzene rings is 4. The Morgan fingerprint density at radius 2 is 0.806 bits per heavy atom. The molecule has 0 radical (unpaired) electrons. The summed E-state index contributed by atoms with van der Waals surface area (Å²) in [6, 6.07) is 34.8. The van der Waals surface area contributed by atoms with Gasteiger partial charge in [-0.3, -0.25) is 0 Å². The summed E-state index contributed by atoms with van der Waals surface area (Å²) in [6.45, 7) is 0. The zero-order chi connectivity index (χ0) is 21.2. The normalized spacial score (nSPS) is 15.8.